The van der Waals surface area contributed by atoms with Gasteiger partial charge in [0.15, 0.2) is 0 Å². The quantitative estimate of drug-likeness (QED) is 0.292. The number of aromatic nitrogens is 1. The number of esters is 1. The van der Waals surface area contributed by atoms with Gasteiger partial charge in [0.25, 0.3) is 0 Å². The molecule has 3 aromatic rings. The maximum Gasteiger partial charge on any atom is 0.321 e. The molecule has 0 bridgehead atoms. The molecular formula is C25H22ClN3O2S. The van der Waals surface area contributed by atoms with Gasteiger partial charge in [0.1, 0.15) is 16.8 Å². The minimum atomic E-state index is -0.388. The number of likely N-dealkylation sites (N-methyl/N-ethyl adjacent to an activating group) is 1. The number of fused-ring (bicyclic) bond motifs is 1. The molecule has 0 N–H and O–H groups in total. The van der Waals surface area contributed by atoms with Gasteiger partial charge in [-0.1, -0.05) is 59.3 Å². The third kappa shape index (κ3) is 4.81. The summed E-state index contributed by atoms with van der Waals surface area (Å²) >= 11 is 7.75. The smallest absolute Gasteiger partial charge is 0.321 e. The Morgan fingerprint density at radius 3 is 2.72 bits per heavy atom. The van der Waals surface area contributed by atoms with Crippen molar-refractivity contribution < 1.29 is 9.53 Å². The van der Waals surface area contributed by atoms with Gasteiger partial charge in [-0.05, 0) is 37.7 Å². The van der Waals surface area contributed by atoms with Gasteiger partial charge in [0, 0.05) is 41.4 Å². The van der Waals surface area contributed by atoms with Crippen LogP contribution in [0.2, 0.25) is 5.02 Å². The predicted octanol–water partition coefficient (Wildman–Crippen LogP) is 5.27. The molecule has 162 valence electrons. The first-order chi connectivity index (χ1) is 15.5. The highest BCUT2D eigenvalue weighted by atomic mass is 35.5. The monoisotopic (exact) mass is 463 g/mol. The molecule has 1 aliphatic rings. The molecule has 0 unspecified atom stereocenters. The van der Waals surface area contributed by atoms with E-state index in [1.54, 1.807) is 12.1 Å². The zero-order valence-corrected chi connectivity index (χ0v) is 19.5. The van der Waals surface area contributed by atoms with E-state index in [1.165, 1.54) is 11.8 Å². The molecule has 7 heteroatoms. The number of pyridine rings is 1. The van der Waals surface area contributed by atoms with Gasteiger partial charge in [0.05, 0.1) is 11.3 Å². The second-order valence-corrected chi connectivity index (χ2v) is 9.12. The molecule has 0 aliphatic carbocycles. The summed E-state index contributed by atoms with van der Waals surface area (Å²) in [5.41, 5.74) is 5.13. The van der Waals surface area contributed by atoms with Crippen molar-refractivity contribution in [2.24, 2.45) is 0 Å². The summed E-state index contributed by atoms with van der Waals surface area (Å²) in [4.78, 5) is 19.4. The predicted molar refractivity (Wildman–Crippen MR) is 127 cm³/mol. The van der Waals surface area contributed by atoms with Gasteiger partial charge in [-0.2, -0.15) is 5.26 Å². The van der Waals surface area contributed by atoms with Gasteiger partial charge in [-0.15, -0.1) is 0 Å². The van der Waals surface area contributed by atoms with E-state index in [-0.39, 0.29) is 11.7 Å². The lowest BCUT2D eigenvalue weighted by Gasteiger charge is -2.28. The highest BCUT2D eigenvalue weighted by molar-refractivity contribution is 7.99. The van der Waals surface area contributed by atoms with E-state index in [1.807, 2.05) is 43.3 Å². The molecule has 0 amide bonds. The highest BCUT2D eigenvalue weighted by Gasteiger charge is 2.26. The molecule has 0 spiro atoms. The molecule has 0 saturated carbocycles. The van der Waals surface area contributed by atoms with Crippen molar-refractivity contribution in [2.75, 3.05) is 19.3 Å². The first-order valence-corrected chi connectivity index (χ1v) is 11.6. The van der Waals surface area contributed by atoms with Crippen LogP contribution in [0.4, 0.5) is 0 Å². The van der Waals surface area contributed by atoms with E-state index in [9.17, 15) is 10.1 Å². The average Bonchev–Trinajstić information content (AvgIpc) is 2.79. The van der Waals surface area contributed by atoms with Crippen LogP contribution in [0, 0.1) is 18.3 Å². The van der Waals surface area contributed by atoms with Crippen molar-refractivity contribution in [3.05, 3.63) is 75.9 Å². The van der Waals surface area contributed by atoms with E-state index in [2.05, 4.69) is 18.0 Å². The van der Waals surface area contributed by atoms with Crippen LogP contribution in [-0.4, -0.2) is 35.2 Å². The first-order valence-electron chi connectivity index (χ1n) is 10.3. The minimum absolute atomic E-state index is 0.0518. The number of carbonyl (C=O) groups is 1. The number of nitrogens with zero attached hydrogens (tertiary/aromatic N) is 3. The average molecular weight is 464 g/mol. The van der Waals surface area contributed by atoms with Gasteiger partial charge in [-0.25, -0.2) is 4.98 Å². The number of benzene rings is 2. The summed E-state index contributed by atoms with van der Waals surface area (Å²) in [6.07, 6.45) is 0.774. The Morgan fingerprint density at radius 2 is 2.00 bits per heavy atom. The molecule has 5 nitrogen and oxygen atoms in total. The van der Waals surface area contributed by atoms with E-state index < -0.39 is 0 Å². The van der Waals surface area contributed by atoms with E-state index in [4.69, 9.17) is 21.3 Å². The van der Waals surface area contributed by atoms with Crippen LogP contribution >= 0.6 is 23.4 Å². The SMILES string of the molecule is Cc1ccc(OC(=O)CSc2nc3c(c(-c4ccccc4Cl)c2C#N)CN(C)CC3)cc1. The number of hydrogen-bond donors (Lipinski definition) is 0. The summed E-state index contributed by atoms with van der Waals surface area (Å²) in [5.74, 6) is 0.164. The van der Waals surface area contributed by atoms with Crippen molar-refractivity contribution in [1.29, 1.82) is 5.26 Å². The Bertz CT molecular complexity index is 1210. The fourth-order valence-electron chi connectivity index (χ4n) is 3.73. The Hall–Kier alpha value is -2.85. The third-order valence-electron chi connectivity index (χ3n) is 5.34. The first kappa shape index (κ1) is 22.3. The molecule has 2 heterocycles. The van der Waals surface area contributed by atoms with Gasteiger partial charge in [0.2, 0.25) is 0 Å². The van der Waals surface area contributed by atoms with Crippen LogP contribution in [0.25, 0.3) is 11.1 Å². The lowest BCUT2D eigenvalue weighted by Crippen LogP contribution is -2.28. The molecule has 0 saturated heterocycles. The van der Waals surface area contributed by atoms with E-state index >= 15 is 0 Å². The zero-order valence-electron chi connectivity index (χ0n) is 17.9. The van der Waals surface area contributed by atoms with Crippen LogP contribution in [0.1, 0.15) is 22.4 Å². The second kappa shape index (κ2) is 9.74. The topological polar surface area (TPSA) is 66.2 Å². The molecule has 32 heavy (non-hydrogen) atoms. The molecule has 1 aromatic heterocycles. The summed E-state index contributed by atoms with van der Waals surface area (Å²) in [6, 6.07) is 17.2. The summed E-state index contributed by atoms with van der Waals surface area (Å²) in [6.45, 7) is 3.55. The molecule has 2 aromatic carbocycles. The number of hydrogen-bond acceptors (Lipinski definition) is 6. The Morgan fingerprint density at radius 1 is 1.25 bits per heavy atom. The second-order valence-electron chi connectivity index (χ2n) is 7.75. The summed E-state index contributed by atoms with van der Waals surface area (Å²) < 4.78 is 5.43. The maximum absolute atomic E-state index is 12.4. The van der Waals surface area contributed by atoms with Crippen LogP contribution in [0.3, 0.4) is 0 Å². The standard InChI is InChI=1S/C25H22ClN3O2S/c1-16-7-9-17(10-8-16)31-23(30)15-32-25-19(13-27)24(18-5-3-4-6-21(18)26)20-14-29(2)12-11-22(20)28-25/h3-10H,11-12,14-15H2,1-2H3. The van der Waals surface area contributed by atoms with Crippen LogP contribution in [0.15, 0.2) is 53.6 Å². The fraction of sp³-hybridized carbons (Fsp3) is 0.240. The maximum atomic E-state index is 12.4. The van der Waals surface area contributed by atoms with Gasteiger partial charge in [-0.3, -0.25) is 4.79 Å². The van der Waals surface area contributed by atoms with Crippen LogP contribution in [-0.2, 0) is 17.8 Å². The number of thioether (sulfide) groups is 1. The highest BCUT2D eigenvalue weighted by Crippen LogP contribution is 2.39. The molecule has 1 aliphatic heterocycles. The molecule has 0 fully saturated rings. The lowest BCUT2D eigenvalue weighted by atomic mass is 9.92. The van der Waals surface area contributed by atoms with Crippen molar-refractivity contribution in [1.82, 2.24) is 9.88 Å². The lowest BCUT2D eigenvalue weighted by molar-refractivity contribution is -0.131. The van der Waals surface area contributed by atoms with E-state index in [0.29, 0.717) is 27.9 Å². The normalized spacial score (nSPS) is 13.3. The van der Waals surface area contributed by atoms with Crippen molar-refractivity contribution in [2.45, 2.75) is 24.9 Å². The number of halogens is 1. The van der Waals surface area contributed by atoms with Crippen molar-refractivity contribution >= 4 is 29.3 Å². The number of aryl methyl sites for hydroxylation is 1. The Labute approximate surface area is 197 Å². The Kier molecular flexibility index (Phi) is 6.80. The van der Waals surface area contributed by atoms with Crippen molar-refractivity contribution in [3.63, 3.8) is 0 Å². The fourth-order valence-corrected chi connectivity index (χ4v) is 4.75. The third-order valence-corrected chi connectivity index (χ3v) is 6.62. The van der Waals surface area contributed by atoms with Gasteiger partial charge >= 0.3 is 5.97 Å². The number of rotatable bonds is 5. The van der Waals surface area contributed by atoms with Crippen molar-refractivity contribution in [3.8, 4) is 22.9 Å². The number of ether oxygens (including phenoxy) is 1. The van der Waals surface area contributed by atoms with Crippen LogP contribution < -0.4 is 4.74 Å². The zero-order chi connectivity index (χ0) is 22.7. The van der Waals surface area contributed by atoms with E-state index in [0.717, 1.165) is 40.9 Å². The van der Waals surface area contributed by atoms with Gasteiger partial charge < -0.3 is 9.64 Å². The number of carbonyl (C=O) groups excluding carboxylic acids is 1. The summed E-state index contributed by atoms with van der Waals surface area (Å²) in [7, 11) is 2.05. The Balaban J connectivity index is 1.67. The molecule has 4 rings (SSSR count). The summed E-state index contributed by atoms with van der Waals surface area (Å²) in [5, 5.41) is 11.2. The minimum Gasteiger partial charge on any atom is -0.426 e. The largest absolute Gasteiger partial charge is 0.426 e. The molecule has 0 radical (unpaired) electrons. The number of nitriles is 1. The van der Waals surface area contributed by atoms with Crippen LogP contribution in [0.5, 0.6) is 5.75 Å². The molecular weight excluding hydrogens is 442 g/mol. The molecule has 0 atom stereocenters.